The minimum Gasteiger partial charge on any atom is -0.478 e. The lowest BCUT2D eigenvalue weighted by molar-refractivity contribution is -0.134. The Morgan fingerprint density at radius 1 is 1.09 bits per heavy atom. The van der Waals surface area contributed by atoms with E-state index in [-0.39, 0.29) is 11.9 Å². The van der Waals surface area contributed by atoms with Crippen LogP contribution in [0, 0.1) is 5.82 Å². The number of nitrogens with zero attached hydrogens (tertiary/aromatic N) is 2. The summed E-state index contributed by atoms with van der Waals surface area (Å²) < 4.78 is 14.6. The highest BCUT2D eigenvalue weighted by atomic mass is 35.5. The Morgan fingerprint density at radius 2 is 1.75 bits per heavy atom. The van der Waals surface area contributed by atoms with Gasteiger partial charge >= 0.3 is 11.9 Å². The summed E-state index contributed by atoms with van der Waals surface area (Å²) in [6.45, 7) is 4.13. The lowest BCUT2D eigenvalue weighted by Crippen LogP contribution is -2.46. The van der Waals surface area contributed by atoms with Crippen LogP contribution in [0.3, 0.4) is 0 Å². The van der Waals surface area contributed by atoms with Gasteiger partial charge < -0.3 is 15.1 Å². The molecule has 2 aromatic rings. The van der Waals surface area contributed by atoms with E-state index in [0.29, 0.717) is 12.2 Å². The smallest absolute Gasteiger partial charge is 0.328 e. The number of hydrogen-bond acceptors (Lipinski definition) is 5. The van der Waals surface area contributed by atoms with Crippen molar-refractivity contribution in [2.45, 2.75) is 22.3 Å². The van der Waals surface area contributed by atoms with E-state index in [0.717, 1.165) is 53.0 Å². The number of piperazine rings is 1. The van der Waals surface area contributed by atoms with Gasteiger partial charge in [-0.2, -0.15) is 0 Å². The molecule has 2 aliphatic rings. The molecule has 0 spiro atoms. The van der Waals surface area contributed by atoms with Crippen LogP contribution < -0.4 is 0 Å². The Kier molecular flexibility index (Phi) is 8.31. The maximum Gasteiger partial charge on any atom is 0.328 e. The number of rotatable bonds is 3. The van der Waals surface area contributed by atoms with Crippen molar-refractivity contribution >= 4 is 35.3 Å². The van der Waals surface area contributed by atoms with Crippen molar-refractivity contribution in [3.63, 3.8) is 0 Å². The van der Waals surface area contributed by atoms with Gasteiger partial charge in [0.05, 0.1) is 4.90 Å². The first kappa shape index (κ1) is 24.3. The van der Waals surface area contributed by atoms with Crippen molar-refractivity contribution in [1.82, 2.24) is 9.80 Å². The van der Waals surface area contributed by atoms with Gasteiger partial charge in [0.2, 0.25) is 0 Å². The van der Waals surface area contributed by atoms with E-state index in [2.05, 4.69) is 22.9 Å². The molecule has 1 fully saturated rings. The van der Waals surface area contributed by atoms with Crippen molar-refractivity contribution in [2.24, 2.45) is 0 Å². The number of carbonyl (C=O) groups is 2. The molecule has 0 amide bonds. The Morgan fingerprint density at radius 3 is 2.38 bits per heavy atom. The molecule has 0 aliphatic carbocycles. The van der Waals surface area contributed by atoms with Gasteiger partial charge in [-0.25, -0.2) is 14.0 Å². The summed E-state index contributed by atoms with van der Waals surface area (Å²) in [6.07, 6.45) is 1.99. The molecular weight excluding hydrogens is 455 g/mol. The van der Waals surface area contributed by atoms with Crippen molar-refractivity contribution in [2.75, 3.05) is 33.2 Å². The molecule has 0 saturated carbocycles. The molecule has 1 unspecified atom stereocenters. The first-order valence-corrected chi connectivity index (χ1v) is 11.2. The normalized spacial score (nSPS) is 18.8. The van der Waals surface area contributed by atoms with E-state index in [4.69, 9.17) is 21.8 Å². The van der Waals surface area contributed by atoms with Crippen LogP contribution in [-0.2, 0) is 16.0 Å². The molecule has 1 atom stereocenters. The topological polar surface area (TPSA) is 81.1 Å². The average Bonchev–Trinajstić information content (AvgIpc) is 2.91. The molecule has 0 aromatic heterocycles. The summed E-state index contributed by atoms with van der Waals surface area (Å²) in [7, 11) is 2.16. The second-order valence-corrected chi connectivity index (χ2v) is 9.07. The number of carboxylic acids is 2. The summed E-state index contributed by atoms with van der Waals surface area (Å²) in [5.74, 6) is -2.64. The van der Waals surface area contributed by atoms with Gasteiger partial charge in [0.15, 0.2) is 0 Å². The van der Waals surface area contributed by atoms with Crippen molar-refractivity contribution < 1.29 is 24.2 Å². The van der Waals surface area contributed by atoms with Crippen molar-refractivity contribution in [3.8, 4) is 0 Å². The van der Waals surface area contributed by atoms with Gasteiger partial charge in [0.25, 0.3) is 0 Å². The van der Waals surface area contributed by atoms with Gasteiger partial charge in [-0.15, -0.1) is 0 Å². The van der Waals surface area contributed by atoms with Gasteiger partial charge in [-0.1, -0.05) is 35.5 Å². The van der Waals surface area contributed by atoms with Gasteiger partial charge in [0.1, 0.15) is 5.82 Å². The van der Waals surface area contributed by atoms with E-state index in [1.165, 1.54) is 17.3 Å². The fraction of sp³-hybridized carbons (Fsp3) is 0.304. The molecule has 170 valence electrons. The largest absolute Gasteiger partial charge is 0.478 e. The fourth-order valence-corrected chi connectivity index (χ4v) is 5.04. The number of halogens is 2. The second-order valence-electron chi connectivity index (χ2n) is 7.58. The SMILES string of the molecule is CN1CCN(C2Cc3cc(Cl)ccc3Sc3c(F)cccc32)CC1.O=C(O)/C=C/C(=O)O. The summed E-state index contributed by atoms with van der Waals surface area (Å²) in [5.41, 5.74) is 2.32. The Balaban J connectivity index is 0.000000312. The van der Waals surface area contributed by atoms with E-state index in [1.54, 1.807) is 6.07 Å². The van der Waals surface area contributed by atoms with Crippen LogP contribution >= 0.6 is 23.4 Å². The van der Waals surface area contributed by atoms with Crippen LogP contribution in [0.5, 0.6) is 0 Å². The minimum absolute atomic E-state index is 0.126. The van der Waals surface area contributed by atoms with Gasteiger partial charge in [0, 0.05) is 54.3 Å². The van der Waals surface area contributed by atoms with E-state index in [9.17, 15) is 14.0 Å². The minimum atomic E-state index is -1.26. The average molecular weight is 479 g/mol. The van der Waals surface area contributed by atoms with Crippen molar-refractivity contribution in [1.29, 1.82) is 0 Å². The highest BCUT2D eigenvalue weighted by Crippen LogP contribution is 2.44. The first-order valence-electron chi connectivity index (χ1n) is 10.1. The standard InChI is InChI=1S/C19H20ClFN2S.C4H4O4/c1-22-7-9-23(10-8-22)17-12-13-11-14(20)5-6-18(13)24-19-15(17)3-2-4-16(19)21;5-3(6)1-2-4(7)8/h2-6,11,17H,7-10,12H2,1H3;1-2H,(H,5,6)(H,7,8)/b;2-1+. The zero-order valence-corrected chi connectivity index (χ0v) is 19.1. The van der Waals surface area contributed by atoms with Crippen LogP contribution in [0.1, 0.15) is 17.2 Å². The molecule has 2 aromatic carbocycles. The third kappa shape index (κ3) is 6.32. The Bertz CT molecular complexity index is 1010. The molecule has 2 N–H and O–H groups in total. The molecular formula is C23H24ClFN2O4S. The zero-order chi connectivity index (χ0) is 23.3. The molecule has 1 saturated heterocycles. The monoisotopic (exact) mass is 478 g/mol. The van der Waals surface area contributed by atoms with Gasteiger partial charge in [-0.05, 0) is 48.9 Å². The maximum atomic E-state index is 14.6. The molecule has 0 radical (unpaired) electrons. The fourth-order valence-electron chi connectivity index (χ4n) is 3.73. The lowest BCUT2D eigenvalue weighted by Gasteiger charge is -2.38. The van der Waals surface area contributed by atoms with Crippen LogP contribution in [0.25, 0.3) is 0 Å². The van der Waals surface area contributed by atoms with Crippen LogP contribution in [0.4, 0.5) is 4.39 Å². The van der Waals surface area contributed by atoms with Crippen LogP contribution in [-0.4, -0.2) is 65.2 Å². The summed E-state index contributed by atoms with van der Waals surface area (Å²) in [4.78, 5) is 25.8. The predicted molar refractivity (Wildman–Crippen MR) is 122 cm³/mol. The zero-order valence-electron chi connectivity index (χ0n) is 17.5. The molecule has 0 bridgehead atoms. The molecule has 32 heavy (non-hydrogen) atoms. The Labute approximate surface area is 195 Å². The van der Waals surface area contributed by atoms with Crippen LogP contribution in [0.15, 0.2) is 58.3 Å². The maximum absolute atomic E-state index is 14.6. The van der Waals surface area contributed by atoms with Gasteiger partial charge in [-0.3, -0.25) is 4.90 Å². The van der Waals surface area contributed by atoms with E-state index in [1.807, 2.05) is 24.3 Å². The Hall–Kier alpha value is -2.39. The third-order valence-electron chi connectivity index (χ3n) is 5.35. The highest BCUT2D eigenvalue weighted by Gasteiger charge is 2.30. The quantitative estimate of drug-likeness (QED) is 0.640. The molecule has 9 heteroatoms. The molecule has 2 aliphatic heterocycles. The number of likely N-dealkylation sites (N-methyl/N-ethyl adjacent to an activating group) is 1. The molecule has 2 heterocycles. The van der Waals surface area contributed by atoms with Crippen LogP contribution in [0.2, 0.25) is 5.02 Å². The number of fused-ring (bicyclic) bond motifs is 2. The lowest BCUT2D eigenvalue weighted by atomic mass is 9.96. The first-order chi connectivity index (χ1) is 15.2. The summed E-state index contributed by atoms with van der Waals surface area (Å²) in [6, 6.07) is 11.6. The number of carboxylic acid groups (broad SMARTS) is 2. The summed E-state index contributed by atoms with van der Waals surface area (Å²) in [5, 5.41) is 16.4. The molecule has 6 nitrogen and oxygen atoms in total. The van der Waals surface area contributed by atoms with E-state index >= 15 is 0 Å². The summed E-state index contributed by atoms with van der Waals surface area (Å²) >= 11 is 7.76. The number of aliphatic carboxylic acids is 2. The van der Waals surface area contributed by atoms with Crippen molar-refractivity contribution in [3.05, 3.63) is 70.5 Å². The highest BCUT2D eigenvalue weighted by molar-refractivity contribution is 7.99. The number of hydrogen-bond donors (Lipinski definition) is 2. The predicted octanol–water partition coefficient (Wildman–Crippen LogP) is 4.19. The second kappa shape index (κ2) is 11.0. The molecule has 4 rings (SSSR count). The van der Waals surface area contributed by atoms with E-state index < -0.39 is 11.9 Å². The third-order valence-corrected chi connectivity index (χ3v) is 6.84. The number of benzene rings is 2.